The van der Waals surface area contributed by atoms with Crippen molar-refractivity contribution in [2.45, 2.75) is 279 Å². The largest absolute Gasteiger partial charge is 0.394 e. The lowest BCUT2D eigenvalue weighted by Crippen LogP contribution is -2.70. The molecule has 8 heterocycles. The first-order valence-electron chi connectivity index (χ1n) is 34.3. The molecule has 8 saturated heterocycles. The van der Waals surface area contributed by atoms with Gasteiger partial charge in [0, 0.05) is 27.7 Å². The normalized spacial score (nSPS) is 46.2. The van der Waals surface area contributed by atoms with Crippen LogP contribution in [0, 0.1) is 0 Å². The van der Waals surface area contributed by atoms with Gasteiger partial charge >= 0.3 is 0 Å². The Balaban J connectivity index is 1.05. The number of amides is 5. The van der Waals surface area contributed by atoms with Gasteiger partial charge in [0.1, 0.15) is 195 Å². The van der Waals surface area contributed by atoms with Crippen molar-refractivity contribution in [1.29, 1.82) is 0 Å². The molecule has 8 aliphatic rings. The summed E-state index contributed by atoms with van der Waals surface area (Å²) < 4.78 is 93.9. The fourth-order valence-electron chi connectivity index (χ4n) is 13.6. The van der Waals surface area contributed by atoms with Gasteiger partial charge in [0.05, 0.1) is 72.1 Å². The van der Waals surface area contributed by atoms with Crippen LogP contribution in [0.2, 0.25) is 0 Å². The van der Waals surface area contributed by atoms with Crippen LogP contribution in [0.4, 0.5) is 0 Å². The zero-order valence-electron chi connectivity index (χ0n) is 58.2. The van der Waals surface area contributed by atoms with Gasteiger partial charge in [-0.3, -0.25) is 24.0 Å². The highest BCUT2D eigenvalue weighted by Crippen LogP contribution is 2.39. The monoisotopic (exact) mass is 1580 g/mol. The van der Waals surface area contributed by atoms with Gasteiger partial charge in [-0.15, -0.1) is 0 Å². The molecular formula is C60H101N5O43. The summed E-state index contributed by atoms with van der Waals surface area (Å²) in [5, 5.41) is 255. The quantitative estimate of drug-likeness (QED) is 0.0278. The lowest BCUT2D eigenvalue weighted by Gasteiger charge is -2.51. The Morgan fingerprint density at radius 3 is 0.926 bits per heavy atom. The van der Waals surface area contributed by atoms with Gasteiger partial charge in [0.15, 0.2) is 50.3 Å². The molecule has 0 aromatic carbocycles. The van der Waals surface area contributed by atoms with E-state index in [2.05, 4.69) is 26.6 Å². The van der Waals surface area contributed by atoms with Gasteiger partial charge in [0.2, 0.25) is 30.0 Å². The number of hydrogen-bond donors (Lipinski definition) is 27. The predicted molar refractivity (Wildman–Crippen MR) is 335 cm³/mol. The molecule has 0 bridgehead atoms. The van der Waals surface area contributed by atoms with Crippen LogP contribution in [0.25, 0.3) is 0 Å². The van der Waals surface area contributed by atoms with Crippen molar-refractivity contribution < 1.29 is 212 Å². The average molecular weight is 1580 g/mol. The highest BCUT2D eigenvalue weighted by molar-refractivity contribution is 5.74. The van der Waals surface area contributed by atoms with E-state index in [1.54, 1.807) is 0 Å². The minimum atomic E-state index is -2.41. The van der Waals surface area contributed by atoms with Gasteiger partial charge in [-0.2, -0.15) is 0 Å². The Hall–Kier alpha value is -4.17. The van der Waals surface area contributed by atoms with Crippen LogP contribution in [-0.4, -0.2) is 460 Å². The zero-order chi connectivity index (χ0) is 79.6. The van der Waals surface area contributed by atoms with Crippen molar-refractivity contribution in [2.75, 3.05) is 66.1 Å². The highest BCUT2D eigenvalue weighted by Gasteiger charge is 2.60. The van der Waals surface area contributed by atoms with E-state index in [0.29, 0.717) is 0 Å². The molecule has 0 spiro atoms. The highest BCUT2D eigenvalue weighted by atomic mass is 16.8. The number of hydrogen-bond acceptors (Lipinski definition) is 43. The van der Waals surface area contributed by atoms with Gasteiger partial charge < -0.3 is 215 Å². The molecule has 27 N–H and O–H groups in total. The molecule has 108 heavy (non-hydrogen) atoms. The Labute approximate surface area is 612 Å². The average Bonchev–Trinajstić information content (AvgIpc) is 0.769. The Bertz CT molecular complexity index is 2830. The van der Waals surface area contributed by atoms with Crippen LogP contribution >= 0.6 is 0 Å². The number of rotatable bonds is 32. The van der Waals surface area contributed by atoms with E-state index < -0.39 is 341 Å². The number of carbonyl (C=O) groups is 5. The molecule has 48 nitrogen and oxygen atoms in total. The summed E-state index contributed by atoms with van der Waals surface area (Å²) in [6, 6.07) is -8.24. The van der Waals surface area contributed by atoms with Crippen LogP contribution in [-0.2, 0) is 99.8 Å². The Kier molecular flexibility index (Phi) is 33.3. The summed E-state index contributed by atoms with van der Waals surface area (Å²) in [6.07, 6.45) is -71.8. The van der Waals surface area contributed by atoms with Crippen molar-refractivity contribution >= 4 is 30.0 Å². The summed E-state index contributed by atoms with van der Waals surface area (Å²) in [5.41, 5.74) is 0. The van der Waals surface area contributed by atoms with E-state index >= 15 is 0 Å². The topological polar surface area (TPSA) is 738 Å². The third-order valence-electron chi connectivity index (χ3n) is 19.2. The molecule has 48 heteroatoms. The maximum atomic E-state index is 13.0. The Morgan fingerprint density at radius 1 is 0.306 bits per heavy atom. The van der Waals surface area contributed by atoms with E-state index in [0.717, 1.165) is 27.7 Å². The number of aliphatic hydroxyl groups is 22. The lowest BCUT2D eigenvalue weighted by atomic mass is 9.94. The van der Waals surface area contributed by atoms with Crippen LogP contribution in [0.3, 0.4) is 0 Å². The summed E-state index contributed by atoms with van der Waals surface area (Å²) in [6.45, 7) is -5.60. The van der Waals surface area contributed by atoms with Gasteiger partial charge in [-0.1, -0.05) is 0 Å². The molecule has 5 amide bonds. The van der Waals surface area contributed by atoms with E-state index in [9.17, 15) is 136 Å². The lowest BCUT2D eigenvalue weighted by molar-refractivity contribution is -0.387. The second kappa shape index (κ2) is 40.2. The van der Waals surface area contributed by atoms with Gasteiger partial charge in [0.25, 0.3) is 0 Å². The van der Waals surface area contributed by atoms with E-state index in [-0.39, 0.29) is 6.41 Å². The van der Waals surface area contributed by atoms with Crippen molar-refractivity contribution in [3.63, 3.8) is 0 Å². The van der Waals surface area contributed by atoms with Crippen LogP contribution < -0.4 is 26.6 Å². The second-order valence-corrected chi connectivity index (χ2v) is 26.8. The fraction of sp³-hybridized carbons (Fsp3) is 0.917. The van der Waals surface area contributed by atoms with E-state index in [1.165, 1.54) is 0 Å². The van der Waals surface area contributed by atoms with E-state index in [1.807, 2.05) is 0 Å². The van der Waals surface area contributed by atoms with Crippen molar-refractivity contribution in [2.24, 2.45) is 0 Å². The maximum absolute atomic E-state index is 13.0. The minimum absolute atomic E-state index is 0.254. The first kappa shape index (κ1) is 89.4. The van der Waals surface area contributed by atoms with Crippen molar-refractivity contribution in [3.05, 3.63) is 0 Å². The fourth-order valence-corrected chi connectivity index (χ4v) is 13.6. The molecule has 8 rings (SSSR count). The van der Waals surface area contributed by atoms with Crippen LogP contribution in [0.1, 0.15) is 27.7 Å². The van der Waals surface area contributed by atoms with E-state index in [4.69, 9.17) is 75.8 Å². The third-order valence-corrected chi connectivity index (χ3v) is 19.2. The predicted octanol–water partition coefficient (Wildman–Crippen LogP) is -18.7. The second-order valence-electron chi connectivity index (χ2n) is 26.8. The Morgan fingerprint density at radius 2 is 0.583 bits per heavy atom. The molecule has 8 fully saturated rings. The number of ether oxygens (including phenoxy) is 16. The number of nitrogens with one attached hydrogen (secondary N) is 5. The first-order valence-corrected chi connectivity index (χ1v) is 34.3. The summed E-state index contributed by atoms with van der Waals surface area (Å²) in [7, 11) is 0. The van der Waals surface area contributed by atoms with Gasteiger partial charge in [-0.25, -0.2) is 0 Å². The first-order chi connectivity index (χ1) is 51.2. The number of carbonyl (C=O) groups excluding carboxylic acids is 5. The molecule has 0 aromatic rings. The van der Waals surface area contributed by atoms with Gasteiger partial charge in [-0.05, 0) is 0 Å². The molecule has 0 aliphatic carbocycles. The minimum Gasteiger partial charge on any atom is -0.394 e. The van der Waals surface area contributed by atoms with Crippen LogP contribution in [0.5, 0.6) is 0 Å². The molecule has 0 aromatic heterocycles. The molecule has 0 saturated carbocycles. The summed E-state index contributed by atoms with van der Waals surface area (Å²) in [5.74, 6) is -3.52. The standard InChI is InChI=1S/C60H101N5O43/c1-16(75)62-29-38(84)33(79)21(6-67)95-54(29)106-50-35(81)23(8-69)97-58(44(50)90)103-47-25(10-71)99-53(31(40(47)86)64-18(3)77)94-14-28-37(83)52(108-55-30(63-17(2)76)39(85)34(80)22(7-68)96-55)46(92)60(102-28)104-48-26(11-72)100-56(32(41(48)87)65-19(4)78)107-51-36(82)24(9-70)98-59(45(51)91)105-49-27(12-73)101-57(43(89)42(49)88)93-13-20(5-66)61-15-74/h15,20-60,66-73,79-92H,5-14H2,1-4H3,(H,61,74)(H,62,75)(H,63,76)(H,64,77)(H,65,78)/t20-,21-,22-,23-,24-,25-,26-,27-,28-,29-,30-,31-,32-,33-,34-,35+,36+,37+,38-,39-,40-,41-,42-,43-,44-,45-,46-,47-,48-,49-,50+,51+,52+,53-,54+,55+,56+,57-,58+,59+,60+/m1/s1. The molecule has 0 unspecified atom stereocenters. The zero-order valence-corrected chi connectivity index (χ0v) is 58.2. The van der Waals surface area contributed by atoms with Crippen molar-refractivity contribution in [1.82, 2.24) is 26.6 Å². The van der Waals surface area contributed by atoms with Crippen molar-refractivity contribution in [3.8, 4) is 0 Å². The smallest absolute Gasteiger partial charge is 0.217 e. The maximum Gasteiger partial charge on any atom is 0.217 e. The summed E-state index contributed by atoms with van der Waals surface area (Å²) >= 11 is 0. The molecule has 0 radical (unpaired) electrons. The third kappa shape index (κ3) is 20.5. The SMILES string of the molecule is CC(=O)N[C@H]1[C@H](OC[C@H]2O[C@@H](O[C@H]3[C@H](O)[C@@H](NC(C)=O)[C@H](O[C@H]4[C@@H](O)[C@@H](CO)O[C@@H](O[C@H]5[C@H](O)[C@@H](O)[C@H](OC[C@@H](CO)NC=O)O[C@@H]5CO)[C@@H]4O)O[C@@H]3CO)[C@H](O)[C@@H](O[C@@H]3O[C@H](CO)[C@@H](O)[C@H](O)[C@H]3NC(C)=O)[C@H]2O)O[C@H](CO)[C@@H](O[C@@H]2O[C@H](CO)[C@H](O)[C@H](O[C@@H]3O[C@H](CO)[C@@H](O)[C@H](O)[C@H]3NC(C)=O)[C@H]2O)[C@@H]1O. The van der Waals surface area contributed by atoms with Crippen LogP contribution in [0.15, 0.2) is 0 Å². The molecular weight excluding hydrogens is 1480 g/mol. The molecule has 41 atom stereocenters. The molecule has 624 valence electrons. The number of aliphatic hydroxyl groups excluding tert-OH is 22. The molecule has 8 aliphatic heterocycles. The summed E-state index contributed by atoms with van der Waals surface area (Å²) in [4.78, 5) is 61.7.